The standard InChI is InChI=1S/C13H9ClF3N3OS/c14-9-5-8(13(15,16)17)6-19-12(9)20-10(21)7-22-11-3-1-2-4-18-11/h1-6H,7H2,(H,19,20,21). The predicted octanol–water partition coefficient (Wildman–Crippen LogP) is 3.88. The molecule has 0 saturated heterocycles. The van der Waals surface area contributed by atoms with Crippen LogP contribution < -0.4 is 5.32 Å². The topological polar surface area (TPSA) is 54.9 Å². The first kappa shape index (κ1) is 16.6. The Labute approximate surface area is 133 Å². The van der Waals surface area contributed by atoms with Gasteiger partial charge in [-0.25, -0.2) is 9.97 Å². The van der Waals surface area contributed by atoms with Gasteiger partial charge in [0.2, 0.25) is 5.91 Å². The number of hydrogen-bond donors (Lipinski definition) is 1. The fourth-order valence-electron chi connectivity index (χ4n) is 1.43. The van der Waals surface area contributed by atoms with Crippen LogP contribution in [0.2, 0.25) is 5.02 Å². The summed E-state index contributed by atoms with van der Waals surface area (Å²) in [6.45, 7) is 0. The van der Waals surface area contributed by atoms with Crippen LogP contribution in [-0.2, 0) is 11.0 Å². The van der Waals surface area contributed by atoms with Gasteiger partial charge in [-0.2, -0.15) is 13.2 Å². The smallest absolute Gasteiger partial charge is 0.309 e. The van der Waals surface area contributed by atoms with Gasteiger partial charge in [-0.1, -0.05) is 29.4 Å². The van der Waals surface area contributed by atoms with Gasteiger partial charge < -0.3 is 5.32 Å². The van der Waals surface area contributed by atoms with E-state index >= 15 is 0 Å². The van der Waals surface area contributed by atoms with Crippen molar-refractivity contribution in [1.29, 1.82) is 0 Å². The number of rotatable bonds is 4. The molecule has 0 unspecified atom stereocenters. The van der Waals surface area contributed by atoms with E-state index in [1.807, 2.05) is 0 Å². The van der Waals surface area contributed by atoms with Gasteiger partial charge in [0.15, 0.2) is 5.82 Å². The van der Waals surface area contributed by atoms with Crippen molar-refractivity contribution in [3.8, 4) is 0 Å². The van der Waals surface area contributed by atoms with Gasteiger partial charge >= 0.3 is 6.18 Å². The van der Waals surface area contributed by atoms with Crippen LogP contribution in [0, 0.1) is 0 Å². The molecule has 4 nitrogen and oxygen atoms in total. The van der Waals surface area contributed by atoms with Crippen molar-refractivity contribution >= 4 is 35.1 Å². The van der Waals surface area contributed by atoms with Gasteiger partial charge in [-0.05, 0) is 18.2 Å². The number of halogens is 4. The van der Waals surface area contributed by atoms with Crippen LogP contribution in [0.15, 0.2) is 41.7 Å². The number of alkyl halides is 3. The summed E-state index contributed by atoms with van der Waals surface area (Å²) in [5.74, 6) is -0.512. The van der Waals surface area contributed by atoms with Gasteiger partial charge in [-0.15, -0.1) is 0 Å². The zero-order valence-electron chi connectivity index (χ0n) is 10.9. The molecule has 22 heavy (non-hydrogen) atoms. The molecule has 0 radical (unpaired) electrons. The molecule has 0 aliphatic rings. The van der Waals surface area contributed by atoms with Crippen molar-refractivity contribution in [3.05, 3.63) is 47.2 Å². The van der Waals surface area contributed by atoms with Crippen LogP contribution in [0.25, 0.3) is 0 Å². The molecule has 0 bridgehead atoms. The Morgan fingerprint density at radius 2 is 2.09 bits per heavy atom. The zero-order chi connectivity index (χ0) is 16.2. The van der Waals surface area contributed by atoms with Gasteiger partial charge in [0, 0.05) is 12.4 Å². The first-order chi connectivity index (χ1) is 10.4. The number of carbonyl (C=O) groups excluding carboxylic acids is 1. The quantitative estimate of drug-likeness (QED) is 0.853. The minimum absolute atomic E-state index is 0.0377. The van der Waals surface area contributed by atoms with Crippen molar-refractivity contribution in [2.24, 2.45) is 0 Å². The molecule has 1 amide bonds. The predicted molar refractivity (Wildman–Crippen MR) is 77.8 cm³/mol. The number of amides is 1. The van der Waals surface area contributed by atoms with Crippen LogP contribution in [0.5, 0.6) is 0 Å². The summed E-state index contributed by atoms with van der Waals surface area (Å²) in [5, 5.41) is 2.75. The molecule has 0 atom stereocenters. The van der Waals surface area contributed by atoms with E-state index in [0.29, 0.717) is 11.2 Å². The summed E-state index contributed by atoms with van der Waals surface area (Å²) in [7, 11) is 0. The lowest BCUT2D eigenvalue weighted by Gasteiger charge is -2.09. The molecule has 0 fully saturated rings. The van der Waals surface area contributed by atoms with Crippen LogP contribution in [0.1, 0.15) is 5.56 Å². The van der Waals surface area contributed by atoms with Gasteiger partial charge in [0.05, 0.1) is 21.4 Å². The van der Waals surface area contributed by atoms with E-state index in [4.69, 9.17) is 11.6 Å². The maximum atomic E-state index is 12.5. The molecule has 0 aliphatic carbocycles. The summed E-state index contributed by atoms with van der Waals surface area (Å²) in [6.07, 6.45) is -2.32. The first-order valence-corrected chi connectivity index (χ1v) is 7.29. The van der Waals surface area contributed by atoms with Crippen molar-refractivity contribution in [3.63, 3.8) is 0 Å². The maximum absolute atomic E-state index is 12.5. The molecule has 116 valence electrons. The number of hydrogen-bond acceptors (Lipinski definition) is 4. The van der Waals surface area contributed by atoms with E-state index < -0.39 is 17.6 Å². The molecule has 9 heteroatoms. The third-order valence-electron chi connectivity index (χ3n) is 2.42. The summed E-state index contributed by atoms with van der Waals surface area (Å²) in [6, 6.07) is 5.98. The van der Waals surface area contributed by atoms with E-state index in [2.05, 4.69) is 15.3 Å². The fraction of sp³-hybridized carbons (Fsp3) is 0.154. The van der Waals surface area contributed by atoms with Crippen LogP contribution in [-0.4, -0.2) is 21.6 Å². The highest BCUT2D eigenvalue weighted by atomic mass is 35.5. The normalized spacial score (nSPS) is 11.3. The number of nitrogens with one attached hydrogen (secondary N) is 1. The largest absolute Gasteiger partial charge is 0.417 e. The minimum Gasteiger partial charge on any atom is -0.309 e. The lowest BCUT2D eigenvalue weighted by atomic mass is 10.3. The lowest BCUT2D eigenvalue weighted by molar-refractivity contribution is -0.137. The van der Waals surface area contributed by atoms with E-state index in [1.165, 1.54) is 11.8 Å². The Balaban J connectivity index is 1.97. The van der Waals surface area contributed by atoms with Crippen molar-refractivity contribution in [1.82, 2.24) is 9.97 Å². The molecule has 0 aliphatic heterocycles. The molecule has 2 aromatic rings. The van der Waals surface area contributed by atoms with Crippen LogP contribution >= 0.6 is 23.4 Å². The number of carbonyl (C=O) groups is 1. The summed E-state index contributed by atoms with van der Waals surface area (Å²) >= 11 is 6.89. The average molecular weight is 348 g/mol. The molecule has 1 N–H and O–H groups in total. The number of anilines is 1. The van der Waals surface area contributed by atoms with Crippen molar-refractivity contribution < 1.29 is 18.0 Å². The molecule has 2 heterocycles. The Kier molecular flexibility index (Phi) is 5.25. The fourth-order valence-corrected chi connectivity index (χ4v) is 2.30. The summed E-state index contributed by atoms with van der Waals surface area (Å²) < 4.78 is 37.4. The zero-order valence-corrected chi connectivity index (χ0v) is 12.5. The molecule has 2 rings (SSSR count). The third-order valence-corrected chi connectivity index (χ3v) is 3.65. The maximum Gasteiger partial charge on any atom is 0.417 e. The van der Waals surface area contributed by atoms with Gasteiger partial charge in [0.25, 0.3) is 0 Å². The average Bonchev–Trinajstić information content (AvgIpc) is 2.47. The lowest BCUT2D eigenvalue weighted by Crippen LogP contribution is -2.16. The number of pyridine rings is 2. The second kappa shape index (κ2) is 6.97. The SMILES string of the molecule is O=C(CSc1ccccn1)Nc1ncc(C(F)(F)F)cc1Cl. The molecule has 0 saturated carbocycles. The minimum atomic E-state index is -4.53. The Morgan fingerprint density at radius 3 is 2.68 bits per heavy atom. The number of nitrogens with zero attached hydrogens (tertiary/aromatic N) is 2. The highest BCUT2D eigenvalue weighted by Crippen LogP contribution is 2.32. The van der Waals surface area contributed by atoms with Crippen LogP contribution in [0.3, 0.4) is 0 Å². The number of aromatic nitrogens is 2. The Hall–Kier alpha value is -1.80. The molecule has 0 spiro atoms. The van der Waals surface area contributed by atoms with Crippen LogP contribution in [0.4, 0.5) is 19.0 Å². The van der Waals surface area contributed by atoms with E-state index in [9.17, 15) is 18.0 Å². The van der Waals surface area contributed by atoms with Crippen molar-refractivity contribution in [2.45, 2.75) is 11.2 Å². The Bertz CT molecular complexity index is 667. The highest BCUT2D eigenvalue weighted by molar-refractivity contribution is 7.99. The monoisotopic (exact) mass is 347 g/mol. The second-order valence-corrected chi connectivity index (χ2v) is 5.46. The summed E-state index contributed by atoms with van der Waals surface area (Å²) in [4.78, 5) is 19.3. The molecule has 0 aromatic carbocycles. The van der Waals surface area contributed by atoms with E-state index in [0.717, 1.165) is 6.07 Å². The molecule has 2 aromatic heterocycles. The van der Waals surface area contributed by atoms with Crippen molar-refractivity contribution in [2.75, 3.05) is 11.1 Å². The highest BCUT2D eigenvalue weighted by Gasteiger charge is 2.31. The Morgan fingerprint density at radius 1 is 1.32 bits per heavy atom. The van der Waals surface area contributed by atoms with E-state index in [-0.39, 0.29) is 16.6 Å². The third kappa shape index (κ3) is 4.60. The molecular weight excluding hydrogens is 339 g/mol. The van der Waals surface area contributed by atoms with Gasteiger partial charge in [-0.3, -0.25) is 4.79 Å². The summed E-state index contributed by atoms with van der Waals surface area (Å²) in [5.41, 5.74) is -0.974. The second-order valence-electron chi connectivity index (χ2n) is 4.06. The van der Waals surface area contributed by atoms with Gasteiger partial charge in [0.1, 0.15) is 0 Å². The first-order valence-electron chi connectivity index (χ1n) is 5.92. The molecular formula is C13H9ClF3N3OS. The van der Waals surface area contributed by atoms with E-state index in [1.54, 1.807) is 24.4 Å². The number of thioether (sulfide) groups is 1.